The molecule has 6 amide bonds. The highest BCUT2D eigenvalue weighted by molar-refractivity contribution is 5.95. The van der Waals surface area contributed by atoms with Gasteiger partial charge in [0.15, 0.2) is 0 Å². The van der Waals surface area contributed by atoms with Crippen molar-refractivity contribution in [3.05, 3.63) is 70.8 Å². The third-order valence-electron chi connectivity index (χ3n) is 16.9. The van der Waals surface area contributed by atoms with Gasteiger partial charge in [0.1, 0.15) is 37.4 Å². The van der Waals surface area contributed by atoms with E-state index in [2.05, 4.69) is 55.6 Å². The van der Waals surface area contributed by atoms with Crippen LogP contribution in [0.5, 0.6) is 0 Å². The van der Waals surface area contributed by atoms with Crippen LogP contribution in [0.3, 0.4) is 0 Å². The van der Waals surface area contributed by atoms with Crippen LogP contribution in [0.2, 0.25) is 0 Å². The summed E-state index contributed by atoms with van der Waals surface area (Å²) in [4.78, 5) is 95.5. The van der Waals surface area contributed by atoms with E-state index in [9.17, 15) is 41.9 Å². The molecular formula is C60H79F3N8O10. The lowest BCUT2D eigenvalue weighted by Gasteiger charge is -2.35. The van der Waals surface area contributed by atoms with Crippen LogP contribution in [0.25, 0.3) is 0 Å². The van der Waals surface area contributed by atoms with E-state index in [1.165, 1.54) is 0 Å². The van der Waals surface area contributed by atoms with Crippen LogP contribution in [0.15, 0.2) is 48.5 Å². The van der Waals surface area contributed by atoms with Gasteiger partial charge in [-0.15, -0.1) is 0 Å². The summed E-state index contributed by atoms with van der Waals surface area (Å²) in [5.74, 6) is 7.80. The monoisotopic (exact) mass is 1130 g/mol. The molecule has 4 aliphatic carbocycles. The maximum absolute atomic E-state index is 14.3. The van der Waals surface area contributed by atoms with Crippen molar-refractivity contribution >= 4 is 41.4 Å². The van der Waals surface area contributed by atoms with Gasteiger partial charge in [0.2, 0.25) is 35.4 Å². The molecule has 440 valence electrons. The van der Waals surface area contributed by atoms with Gasteiger partial charge in [0, 0.05) is 25.9 Å². The zero-order chi connectivity index (χ0) is 58.2. The van der Waals surface area contributed by atoms with Crippen LogP contribution in [-0.2, 0) is 55.9 Å². The number of benzene rings is 2. The van der Waals surface area contributed by atoms with Crippen molar-refractivity contribution in [2.75, 3.05) is 40.4 Å². The van der Waals surface area contributed by atoms with Gasteiger partial charge in [0.05, 0.1) is 36.4 Å². The van der Waals surface area contributed by atoms with Crippen molar-refractivity contribution in [2.45, 2.75) is 183 Å². The largest absolute Gasteiger partial charge is 0.490 e. The number of alkyl halides is 3. The molecule has 8 rings (SSSR count). The summed E-state index contributed by atoms with van der Waals surface area (Å²) in [5, 5.41) is 25.7. The van der Waals surface area contributed by atoms with E-state index in [-0.39, 0.29) is 72.7 Å². The third-order valence-corrected chi connectivity index (χ3v) is 16.9. The number of hydrogen-bond donors (Lipinski definition) is 7. The first-order valence-corrected chi connectivity index (χ1v) is 28.7. The first-order chi connectivity index (χ1) is 38.9. The molecule has 0 bridgehead atoms. The Morgan fingerprint density at radius 2 is 0.963 bits per heavy atom. The molecular weight excluding hydrogens is 1050 g/mol. The topological polar surface area (TPSA) is 237 Å². The molecule has 2 saturated heterocycles. The number of aliphatic carboxylic acids is 1. The molecule has 0 spiro atoms. The number of nitrogens with zero attached hydrogens (tertiary/aromatic N) is 2. The quantitative estimate of drug-likeness (QED) is 0.102. The minimum atomic E-state index is -5.08. The van der Waals surface area contributed by atoms with Gasteiger partial charge in [-0.1, -0.05) is 98.9 Å². The molecule has 10 atom stereocenters. The molecule has 7 N–H and O–H groups in total. The van der Waals surface area contributed by atoms with E-state index >= 15 is 0 Å². The van der Waals surface area contributed by atoms with Crippen LogP contribution in [-0.4, -0.2) is 151 Å². The minimum Gasteiger partial charge on any atom is -0.475 e. The second-order valence-electron chi connectivity index (χ2n) is 22.1. The molecule has 6 aliphatic rings. The van der Waals surface area contributed by atoms with Crippen molar-refractivity contribution in [3.63, 3.8) is 0 Å². The van der Waals surface area contributed by atoms with Crippen molar-refractivity contribution in [1.29, 1.82) is 0 Å². The maximum Gasteiger partial charge on any atom is 0.490 e. The van der Waals surface area contributed by atoms with Gasteiger partial charge in [-0.2, -0.15) is 13.2 Å². The van der Waals surface area contributed by atoms with E-state index < -0.39 is 60.5 Å². The smallest absolute Gasteiger partial charge is 0.475 e. The molecule has 4 fully saturated rings. The van der Waals surface area contributed by atoms with Crippen LogP contribution in [0, 0.1) is 35.5 Å². The Balaban J connectivity index is 0.00000127. The van der Waals surface area contributed by atoms with E-state index in [4.69, 9.17) is 19.4 Å². The standard InChI is InChI=1S/C58H78N8O8.C2HF3O2/c1-37(59-3)53(67)61-49(39-21-9-7-10-22-39)57(71)65-31-19-29-45(65)55(69)63-51-43-27-15-13-25-41(43)35-47(51)73-33-17-5-6-18-34-74-48-36-42-26-14-16-28-44(42)52(48)64-56(70)46-30-20-32-66(46)58(72)50(40-23-11-8-12-24-40)62-54(68)38(2)60-4;3-2(4,5)1(6)7/h13-16,25-28,37-40,45-52,59-60H,7-12,19-24,29-36H2,1-4H3,(H,61,67)(H,62,68)(H,63,69)(H,64,70);(H,6,7)/t37-,38-,45-,46-,47+,48?,49-,50-,51-,52?;/m0./s1. The van der Waals surface area contributed by atoms with Crippen LogP contribution in [0.1, 0.15) is 138 Å². The molecule has 21 heteroatoms. The highest BCUT2D eigenvalue weighted by Gasteiger charge is 2.45. The highest BCUT2D eigenvalue weighted by Crippen LogP contribution is 2.37. The van der Waals surface area contributed by atoms with Crippen molar-refractivity contribution in [2.24, 2.45) is 11.8 Å². The number of rotatable bonds is 18. The summed E-state index contributed by atoms with van der Waals surface area (Å²) in [6, 6.07) is 11.5. The second-order valence-corrected chi connectivity index (χ2v) is 22.1. The number of carbonyl (C=O) groups excluding carboxylic acids is 6. The zero-order valence-electron chi connectivity index (χ0n) is 46.8. The minimum absolute atomic E-state index is 0.0261. The maximum atomic E-state index is 14.3. The van der Waals surface area contributed by atoms with E-state index in [1.54, 1.807) is 37.7 Å². The highest BCUT2D eigenvalue weighted by atomic mass is 19.4. The molecule has 0 radical (unpaired) electrons. The molecule has 0 aromatic heterocycles. The zero-order valence-corrected chi connectivity index (χ0v) is 46.8. The van der Waals surface area contributed by atoms with Crippen LogP contribution < -0.4 is 31.9 Å². The second kappa shape index (κ2) is 29.5. The molecule has 2 aromatic rings. The number of carboxylic acids is 1. The summed E-state index contributed by atoms with van der Waals surface area (Å²) in [5.41, 5.74) is 4.10. The Bertz CT molecular complexity index is 2510. The van der Waals surface area contributed by atoms with E-state index in [0.29, 0.717) is 51.6 Å². The van der Waals surface area contributed by atoms with Crippen molar-refractivity contribution in [1.82, 2.24) is 41.7 Å². The number of carboxylic acid groups (broad SMARTS) is 1. The molecule has 2 saturated carbocycles. The number of amides is 6. The number of ether oxygens (including phenoxy) is 2. The predicted octanol–water partition coefficient (Wildman–Crippen LogP) is 4.55. The number of nitrogens with one attached hydrogen (secondary N) is 6. The third kappa shape index (κ3) is 16.1. The Morgan fingerprint density at radius 3 is 1.32 bits per heavy atom. The number of carbonyl (C=O) groups is 7. The van der Waals surface area contributed by atoms with Gasteiger partial charge in [-0.05, 0) is 125 Å². The summed E-state index contributed by atoms with van der Waals surface area (Å²) < 4.78 is 44.4. The first kappa shape index (κ1) is 62.1. The normalized spacial score (nSPS) is 24.0. The number of halogens is 3. The summed E-state index contributed by atoms with van der Waals surface area (Å²) >= 11 is 0. The van der Waals surface area contributed by atoms with Crippen molar-refractivity contribution in [3.8, 4) is 23.7 Å². The van der Waals surface area contributed by atoms with Crippen LogP contribution >= 0.6 is 0 Å². The van der Waals surface area contributed by atoms with Gasteiger partial charge >= 0.3 is 12.1 Å². The molecule has 2 aromatic carbocycles. The number of fused-ring (bicyclic) bond motifs is 2. The summed E-state index contributed by atoms with van der Waals surface area (Å²) in [7, 11) is 3.44. The van der Waals surface area contributed by atoms with Gasteiger partial charge in [-0.3, -0.25) is 28.8 Å². The Hall–Kier alpha value is -6.52. The Morgan fingerprint density at radius 1 is 0.593 bits per heavy atom. The van der Waals surface area contributed by atoms with Crippen molar-refractivity contribution < 1.29 is 61.3 Å². The number of hydrogen-bond acceptors (Lipinski definition) is 11. The molecule has 2 heterocycles. The first-order valence-electron chi connectivity index (χ1n) is 28.7. The number of likely N-dealkylation sites (tertiary alicyclic amines) is 2. The van der Waals surface area contributed by atoms with Crippen LogP contribution in [0.4, 0.5) is 13.2 Å². The lowest BCUT2D eigenvalue weighted by atomic mass is 9.83. The van der Waals surface area contributed by atoms with Gasteiger partial charge in [-0.25, -0.2) is 4.79 Å². The fraction of sp³-hybridized carbons (Fsp3) is 0.617. The predicted molar refractivity (Wildman–Crippen MR) is 294 cm³/mol. The fourth-order valence-corrected chi connectivity index (χ4v) is 12.2. The van der Waals surface area contributed by atoms with Gasteiger partial charge < -0.3 is 56.3 Å². The molecule has 18 nitrogen and oxygen atoms in total. The average molecular weight is 1130 g/mol. The summed E-state index contributed by atoms with van der Waals surface area (Å²) in [6.07, 6.45) is 7.51. The molecule has 2 aliphatic heterocycles. The summed E-state index contributed by atoms with van der Waals surface area (Å²) in [6.45, 7) is 4.62. The van der Waals surface area contributed by atoms with Gasteiger partial charge in [0.25, 0.3) is 0 Å². The Labute approximate surface area is 472 Å². The Kier molecular flexibility index (Phi) is 22.6. The SMILES string of the molecule is CN[C@@H](C)C(=O)N[C@H](C(=O)N1CCC[C@H]1C(=O)NC1c2ccccc2CC1OCC#CC#CCO[C@@H]1Cc2ccccc2[C@@H]1NC(=O)[C@@H]1CCCN1C(=O)[C@@H](NC(=O)[C@H](C)NC)C1CCCCC1)C1CCCCC1.O=C(O)C(F)(F)F. The lowest BCUT2D eigenvalue weighted by molar-refractivity contribution is -0.192. The number of likely N-dealkylation sites (N-methyl/N-ethyl adjacent to an activating group) is 2. The van der Waals surface area contributed by atoms with E-state index in [1.807, 2.05) is 48.5 Å². The fourth-order valence-electron chi connectivity index (χ4n) is 12.2. The molecule has 81 heavy (non-hydrogen) atoms. The van der Waals surface area contributed by atoms with E-state index in [0.717, 1.165) is 86.5 Å². The average Bonchev–Trinajstić information content (AvgIpc) is 4.44. The molecule has 2 unspecified atom stereocenters. The lowest BCUT2D eigenvalue weighted by Crippen LogP contribution is -2.58.